The van der Waals surface area contributed by atoms with E-state index in [1.807, 2.05) is 0 Å². The number of rotatable bonds is 7. The van der Waals surface area contributed by atoms with E-state index in [1.54, 1.807) is 0 Å². The van der Waals surface area contributed by atoms with Crippen LogP contribution in [-0.4, -0.2) is 43.2 Å². The number of amides is 1. The Morgan fingerprint density at radius 2 is 2.11 bits per heavy atom. The molecule has 0 fully saturated rings. The van der Waals surface area contributed by atoms with Gasteiger partial charge in [0.1, 0.15) is 30.8 Å². The van der Waals surface area contributed by atoms with Crippen LogP contribution in [-0.2, 0) is 16.3 Å². The van der Waals surface area contributed by atoms with E-state index in [2.05, 4.69) is 20.3 Å². The number of carbonyl (C=O) groups excluding carboxylic acids is 1. The molecule has 148 valence electrons. The Bertz CT molecular complexity index is 845. The molecule has 13 heteroatoms. The summed E-state index contributed by atoms with van der Waals surface area (Å²) in [5, 5.41) is 21.4. The van der Waals surface area contributed by atoms with E-state index in [9.17, 15) is 28.1 Å². The number of nitrogens with one attached hydrogen (secondary N) is 1. The van der Waals surface area contributed by atoms with E-state index in [4.69, 9.17) is 0 Å². The summed E-state index contributed by atoms with van der Waals surface area (Å²) in [4.78, 5) is 22.8. The molecule has 0 aliphatic heterocycles. The van der Waals surface area contributed by atoms with Gasteiger partial charge in [-0.05, 0) is 20.8 Å². The number of halogens is 3. The third-order valence-electron chi connectivity index (χ3n) is 3.61. The molecular formula is C14H17F3N6O4. The minimum absolute atomic E-state index is 0.163. The molecule has 1 atom stereocenters. The van der Waals surface area contributed by atoms with Gasteiger partial charge in [0.2, 0.25) is 5.91 Å². The number of ether oxygens (including phenoxy) is 1. The van der Waals surface area contributed by atoms with Crippen molar-refractivity contribution in [3.8, 4) is 0 Å². The van der Waals surface area contributed by atoms with Gasteiger partial charge in [-0.15, -0.1) is 0 Å². The van der Waals surface area contributed by atoms with Crippen LogP contribution >= 0.6 is 0 Å². The summed E-state index contributed by atoms with van der Waals surface area (Å²) in [6.07, 6.45) is -1.90. The normalized spacial score (nSPS) is 12.8. The number of carbonyl (C=O) groups is 1. The van der Waals surface area contributed by atoms with Crippen LogP contribution in [0.15, 0.2) is 12.4 Å². The van der Waals surface area contributed by atoms with Gasteiger partial charge in [-0.3, -0.25) is 19.6 Å². The Labute approximate surface area is 151 Å². The van der Waals surface area contributed by atoms with Gasteiger partial charge in [0.05, 0.1) is 23.0 Å². The van der Waals surface area contributed by atoms with E-state index in [1.165, 1.54) is 37.8 Å². The van der Waals surface area contributed by atoms with Crippen LogP contribution in [0.5, 0.6) is 0 Å². The number of nitro groups is 1. The molecule has 0 aliphatic carbocycles. The predicted molar refractivity (Wildman–Crippen MR) is 85.9 cm³/mol. The molecule has 0 aliphatic rings. The average Bonchev–Trinajstić information content (AvgIpc) is 3.09. The van der Waals surface area contributed by atoms with Gasteiger partial charge in [0.15, 0.2) is 0 Å². The third-order valence-corrected chi connectivity index (χ3v) is 3.61. The van der Waals surface area contributed by atoms with Crippen molar-refractivity contribution in [2.75, 3.05) is 11.9 Å². The fourth-order valence-corrected chi connectivity index (χ4v) is 2.41. The van der Waals surface area contributed by atoms with Crippen molar-refractivity contribution in [1.82, 2.24) is 19.6 Å². The second kappa shape index (κ2) is 7.73. The first-order chi connectivity index (χ1) is 12.5. The molecular weight excluding hydrogens is 373 g/mol. The topological polar surface area (TPSA) is 117 Å². The highest BCUT2D eigenvalue weighted by Crippen LogP contribution is 2.25. The molecule has 10 nitrogen and oxygen atoms in total. The molecule has 0 radical (unpaired) electrons. The molecule has 0 saturated carbocycles. The van der Waals surface area contributed by atoms with Gasteiger partial charge < -0.3 is 10.1 Å². The lowest BCUT2D eigenvalue weighted by molar-refractivity contribution is -0.386. The molecule has 0 bridgehead atoms. The second-order valence-electron chi connectivity index (χ2n) is 5.75. The standard InChI is InChI=1S/C14H17F3N6O4/c1-8-12(23(25)26)9(2)22(20-8)10(3)13(24)19-11-4-18-21(5-11)7-27-6-14(15,16)17/h4-5,10H,6-7H2,1-3H3,(H,19,24). The predicted octanol–water partition coefficient (Wildman–Crippen LogP) is 2.34. The lowest BCUT2D eigenvalue weighted by Crippen LogP contribution is -2.25. The van der Waals surface area contributed by atoms with Gasteiger partial charge in [-0.1, -0.05) is 0 Å². The molecule has 2 rings (SSSR count). The van der Waals surface area contributed by atoms with E-state index in [-0.39, 0.29) is 22.8 Å². The largest absolute Gasteiger partial charge is 0.411 e. The van der Waals surface area contributed by atoms with Crippen LogP contribution in [0.25, 0.3) is 0 Å². The van der Waals surface area contributed by atoms with Crippen molar-refractivity contribution in [2.24, 2.45) is 0 Å². The maximum atomic E-state index is 12.4. The molecule has 1 unspecified atom stereocenters. The maximum absolute atomic E-state index is 12.4. The first-order valence-electron chi connectivity index (χ1n) is 7.67. The van der Waals surface area contributed by atoms with Crippen molar-refractivity contribution in [1.29, 1.82) is 0 Å². The van der Waals surface area contributed by atoms with Crippen molar-refractivity contribution in [3.05, 3.63) is 33.9 Å². The Morgan fingerprint density at radius 3 is 2.67 bits per heavy atom. The number of anilines is 1. The van der Waals surface area contributed by atoms with Crippen LogP contribution in [0.2, 0.25) is 0 Å². The highest BCUT2D eigenvalue weighted by atomic mass is 19.4. The minimum Gasteiger partial charge on any atom is -0.350 e. The number of aromatic nitrogens is 4. The Morgan fingerprint density at radius 1 is 1.44 bits per heavy atom. The smallest absolute Gasteiger partial charge is 0.350 e. The van der Waals surface area contributed by atoms with Gasteiger partial charge >= 0.3 is 11.9 Å². The van der Waals surface area contributed by atoms with E-state index >= 15 is 0 Å². The first kappa shape index (κ1) is 20.4. The number of alkyl halides is 3. The molecule has 2 heterocycles. The molecule has 2 aromatic heterocycles. The van der Waals surface area contributed by atoms with Crippen molar-refractivity contribution >= 4 is 17.3 Å². The summed E-state index contributed by atoms with van der Waals surface area (Å²) >= 11 is 0. The summed E-state index contributed by atoms with van der Waals surface area (Å²) in [7, 11) is 0. The lowest BCUT2D eigenvalue weighted by atomic mass is 10.2. The summed E-state index contributed by atoms with van der Waals surface area (Å²) in [6.45, 7) is 2.61. The van der Waals surface area contributed by atoms with Gasteiger partial charge in [-0.2, -0.15) is 23.4 Å². The Kier molecular flexibility index (Phi) is 5.83. The monoisotopic (exact) mass is 390 g/mol. The molecule has 2 aromatic rings. The van der Waals surface area contributed by atoms with Gasteiger partial charge in [0.25, 0.3) is 0 Å². The zero-order chi connectivity index (χ0) is 20.4. The molecule has 0 saturated heterocycles. The van der Waals surface area contributed by atoms with Gasteiger partial charge in [0, 0.05) is 0 Å². The van der Waals surface area contributed by atoms with Crippen molar-refractivity contribution in [2.45, 2.75) is 39.7 Å². The number of aryl methyl sites for hydroxylation is 1. The lowest BCUT2D eigenvalue weighted by Gasteiger charge is -2.13. The SMILES string of the molecule is Cc1nn(C(C)C(=O)Nc2cnn(COCC(F)(F)F)c2)c(C)c1[N+](=O)[O-]. The van der Waals surface area contributed by atoms with E-state index in [0.29, 0.717) is 0 Å². The van der Waals surface area contributed by atoms with Gasteiger partial charge in [-0.25, -0.2) is 4.68 Å². The summed E-state index contributed by atoms with van der Waals surface area (Å²) in [5.41, 5.74) is 0.492. The molecule has 27 heavy (non-hydrogen) atoms. The zero-order valence-corrected chi connectivity index (χ0v) is 14.6. The van der Waals surface area contributed by atoms with Crippen molar-refractivity contribution in [3.63, 3.8) is 0 Å². The second-order valence-corrected chi connectivity index (χ2v) is 5.75. The Balaban J connectivity index is 2.01. The van der Waals surface area contributed by atoms with Crippen LogP contribution in [0.1, 0.15) is 24.4 Å². The summed E-state index contributed by atoms with van der Waals surface area (Å²) in [6, 6.07) is -0.859. The minimum atomic E-state index is -4.44. The number of hydrogen-bond donors (Lipinski definition) is 1. The Hall–Kier alpha value is -2.96. The highest BCUT2D eigenvalue weighted by Gasteiger charge is 2.28. The van der Waals surface area contributed by atoms with Crippen LogP contribution in [0.4, 0.5) is 24.5 Å². The van der Waals surface area contributed by atoms with E-state index < -0.39 is 36.4 Å². The maximum Gasteiger partial charge on any atom is 0.411 e. The highest BCUT2D eigenvalue weighted by molar-refractivity contribution is 5.93. The molecule has 0 aromatic carbocycles. The van der Waals surface area contributed by atoms with E-state index in [0.717, 1.165) is 4.68 Å². The summed E-state index contributed by atoms with van der Waals surface area (Å²) in [5.74, 6) is -0.522. The number of nitrogens with zero attached hydrogens (tertiary/aromatic N) is 5. The fraction of sp³-hybridized carbons (Fsp3) is 0.500. The third kappa shape index (κ3) is 5.03. The summed E-state index contributed by atoms with van der Waals surface area (Å²) < 4.78 is 42.9. The zero-order valence-electron chi connectivity index (χ0n) is 14.6. The number of hydrogen-bond acceptors (Lipinski definition) is 6. The molecule has 0 spiro atoms. The molecule has 1 amide bonds. The quantitative estimate of drug-likeness (QED) is 0.573. The average molecular weight is 390 g/mol. The van der Waals surface area contributed by atoms with Crippen molar-refractivity contribution < 1.29 is 27.6 Å². The first-order valence-corrected chi connectivity index (χ1v) is 7.67. The molecule has 1 N–H and O–H groups in total. The fourth-order valence-electron chi connectivity index (χ4n) is 2.41. The van der Waals surface area contributed by atoms with Crippen LogP contribution in [0.3, 0.4) is 0 Å². The van der Waals surface area contributed by atoms with Crippen LogP contribution in [0, 0.1) is 24.0 Å². The van der Waals surface area contributed by atoms with Crippen LogP contribution < -0.4 is 5.32 Å².